The van der Waals surface area contributed by atoms with E-state index in [4.69, 9.17) is 8.83 Å². The fraction of sp³-hybridized carbons (Fsp3) is 0.292. The highest BCUT2D eigenvalue weighted by Gasteiger charge is 2.42. The molecular formula is C24H21N7O3. The van der Waals surface area contributed by atoms with Crippen LogP contribution in [0, 0.1) is 0 Å². The number of nitrogens with one attached hydrogen (secondary N) is 1. The van der Waals surface area contributed by atoms with Crippen LogP contribution in [0.3, 0.4) is 0 Å². The number of imidazole rings is 1. The van der Waals surface area contributed by atoms with E-state index in [1.54, 1.807) is 35.2 Å². The number of nitrogens with zero attached hydrogens (tertiary/aromatic N) is 6. The highest BCUT2D eigenvalue weighted by Crippen LogP contribution is 2.50. The number of amides is 1. The summed E-state index contributed by atoms with van der Waals surface area (Å²) < 4.78 is 13.8. The van der Waals surface area contributed by atoms with E-state index in [9.17, 15) is 4.79 Å². The van der Waals surface area contributed by atoms with Gasteiger partial charge in [0.2, 0.25) is 0 Å². The lowest BCUT2D eigenvalue weighted by Crippen LogP contribution is -2.41. The standard InChI is InChI=1S/C24H21N7O3/c1-30-10-8-16(29-30)22-27-28-23(34-22)24(32)31-11-9-15-19(26-12-25-15)20(31)21-18(13-6-7-13)14-4-2-3-5-17(14)33-21/h2-5,8,10,12-13,20H,6-7,9,11H2,1H3,(H,25,26)/t20-/m0/s1. The minimum atomic E-state index is -0.476. The summed E-state index contributed by atoms with van der Waals surface area (Å²) >= 11 is 0. The zero-order valence-corrected chi connectivity index (χ0v) is 18.4. The molecule has 1 aliphatic carbocycles. The highest BCUT2D eigenvalue weighted by molar-refractivity contribution is 5.91. The van der Waals surface area contributed by atoms with Crippen molar-refractivity contribution in [1.82, 2.24) is 34.8 Å². The number of carbonyl (C=O) groups excluding carboxylic acids is 1. The van der Waals surface area contributed by atoms with Crippen LogP contribution in [0.4, 0.5) is 0 Å². The molecule has 5 aromatic rings. The summed E-state index contributed by atoms with van der Waals surface area (Å²) in [5.41, 5.74) is 4.33. The lowest BCUT2D eigenvalue weighted by molar-refractivity contribution is 0.0631. The molecule has 0 spiro atoms. The van der Waals surface area contributed by atoms with Gasteiger partial charge in [-0.1, -0.05) is 18.2 Å². The topological polar surface area (TPSA) is 119 Å². The fourth-order valence-corrected chi connectivity index (χ4v) is 4.91. The number of hydrogen-bond donors (Lipinski definition) is 1. The molecule has 170 valence electrons. The number of benzene rings is 1. The number of aromatic amines is 1. The van der Waals surface area contributed by atoms with E-state index in [2.05, 4.69) is 31.3 Å². The van der Waals surface area contributed by atoms with Crippen molar-refractivity contribution in [1.29, 1.82) is 0 Å². The van der Waals surface area contributed by atoms with Gasteiger partial charge in [-0.05, 0) is 30.9 Å². The molecule has 1 atom stereocenters. The SMILES string of the molecule is Cn1ccc(-c2nnc(C(=O)N3CCc4[nH]cnc4[C@H]3c3oc4ccccc4c3C3CC3)o2)n1. The average Bonchev–Trinajstić information content (AvgIpc) is 3.26. The predicted molar refractivity (Wildman–Crippen MR) is 120 cm³/mol. The molecule has 34 heavy (non-hydrogen) atoms. The Hall–Kier alpha value is -4.21. The van der Waals surface area contributed by atoms with Gasteiger partial charge in [-0.2, -0.15) is 5.10 Å². The van der Waals surface area contributed by atoms with Crippen LogP contribution in [-0.2, 0) is 13.5 Å². The van der Waals surface area contributed by atoms with Crippen molar-refractivity contribution < 1.29 is 13.6 Å². The number of para-hydroxylation sites is 1. The zero-order chi connectivity index (χ0) is 22.8. The van der Waals surface area contributed by atoms with E-state index >= 15 is 0 Å². The number of rotatable bonds is 4. The maximum absolute atomic E-state index is 13.7. The zero-order valence-electron chi connectivity index (χ0n) is 18.4. The van der Waals surface area contributed by atoms with Crippen LogP contribution < -0.4 is 0 Å². The van der Waals surface area contributed by atoms with Crippen LogP contribution in [-0.4, -0.2) is 47.3 Å². The molecule has 5 heterocycles. The fourth-order valence-electron chi connectivity index (χ4n) is 4.91. The van der Waals surface area contributed by atoms with E-state index in [1.165, 1.54) is 5.56 Å². The molecule has 1 saturated carbocycles. The molecule has 1 amide bonds. The summed E-state index contributed by atoms with van der Waals surface area (Å²) in [5.74, 6) is 0.985. The van der Waals surface area contributed by atoms with Gasteiger partial charge in [-0.25, -0.2) is 4.98 Å². The molecular weight excluding hydrogens is 434 g/mol. The van der Waals surface area contributed by atoms with Crippen LogP contribution in [0.25, 0.3) is 22.6 Å². The van der Waals surface area contributed by atoms with Gasteiger partial charge in [0.25, 0.3) is 5.89 Å². The van der Waals surface area contributed by atoms with Gasteiger partial charge in [0.1, 0.15) is 23.1 Å². The first kappa shape index (κ1) is 19.3. The van der Waals surface area contributed by atoms with E-state index in [0.29, 0.717) is 24.6 Å². The molecule has 0 bridgehead atoms. The van der Waals surface area contributed by atoms with E-state index in [1.807, 2.05) is 18.2 Å². The lowest BCUT2D eigenvalue weighted by atomic mass is 9.95. The van der Waals surface area contributed by atoms with Gasteiger partial charge >= 0.3 is 11.8 Å². The van der Waals surface area contributed by atoms with E-state index in [0.717, 1.165) is 41.0 Å². The van der Waals surface area contributed by atoms with Crippen molar-refractivity contribution in [2.45, 2.75) is 31.2 Å². The third-order valence-corrected chi connectivity index (χ3v) is 6.62. The molecule has 1 aromatic carbocycles. The number of carbonyl (C=O) groups is 1. The molecule has 7 rings (SSSR count). The Morgan fingerprint density at radius 1 is 1.15 bits per heavy atom. The third kappa shape index (κ3) is 2.91. The van der Waals surface area contributed by atoms with Gasteiger partial charge in [0.05, 0.1) is 12.0 Å². The van der Waals surface area contributed by atoms with Gasteiger partial charge in [-0.15, -0.1) is 10.2 Å². The van der Waals surface area contributed by atoms with Crippen molar-refractivity contribution >= 4 is 16.9 Å². The second kappa shape index (κ2) is 7.14. The summed E-state index contributed by atoms with van der Waals surface area (Å²) in [6.45, 7) is 0.473. The Kier molecular flexibility index (Phi) is 4.05. The largest absolute Gasteiger partial charge is 0.458 e. The monoisotopic (exact) mass is 455 g/mol. The second-order valence-electron chi connectivity index (χ2n) is 8.85. The number of fused-ring (bicyclic) bond motifs is 2. The molecule has 1 aliphatic heterocycles. The van der Waals surface area contributed by atoms with Crippen LogP contribution >= 0.6 is 0 Å². The molecule has 1 fully saturated rings. The summed E-state index contributed by atoms with van der Waals surface area (Å²) in [6.07, 6.45) is 6.33. The Morgan fingerprint density at radius 3 is 2.85 bits per heavy atom. The number of H-pyrrole nitrogens is 1. The Morgan fingerprint density at radius 2 is 2.03 bits per heavy atom. The highest BCUT2D eigenvalue weighted by atomic mass is 16.4. The Bertz CT molecular complexity index is 1540. The lowest BCUT2D eigenvalue weighted by Gasteiger charge is -2.33. The Labute approximate surface area is 193 Å². The maximum Gasteiger partial charge on any atom is 0.312 e. The number of hydrogen-bond acceptors (Lipinski definition) is 7. The molecule has 10 heteroatoms. The average molecular weight is 455 g/mol. The van der Waals surface area contributed by atoms with Crippen molar-refractivity contribution in [2.75, 3.05) is 6.54 Å². The van der Waals surface area contributed by atoms with Crippen LogP contribution in [0.2, 0.25) is 0 Å². The van der Waals surface area contributed by atoms with Gasteiger partial charge in [0, 0.05) is 42.9 Å². The van der Waals surface area contributed by atoms with Gasteiger partial charge in [0.15, 0.2) is 0 Å². The first-order valence-electron chi connectivity index (χ1n) is 11.4. The Balaban J connectivity index is 1.33. The van der Waals surface area contributed by atoms with Gasteiger partial charge < -0.3 is 18.7 Å². The number of furan rings is 1. The van der Waals surface area contributed by atoms with E-state index < -0.39 is 6.04 Å². The van der Waals surface area contributed by atoms with Crippen molar-refractivity contribution in [3.63, 3.8) is 0 Å². The minimum absolute atomic E-state index is 0.0753. The molecule has 0 radical (unpaired) electrons. The molecule has 0 saturated heterocycles. The summed E-state index contributed by atoms with van der Waals surface area (Å²) in [6, 6.07) is 9.34. The minimum Gasteiger partial charge on any atom is -0.458 e. The predicted octanol–water partition coefficient (Wildman–Crippen LogP) is 3.60. The first-order chi connectivity index (χ1) is 16.7. The van der Waals surface area contributed by atoms with Crippen molar-refractivity contribution in [2.24, 2.45) is 7.05 Å². The van der Waals surface area contributed by atoms with E-state index in [-0.39, 0.29) is 17.7 Å². The molecule has 10 nitrogen and oxygen atoms in total. The molecule has 2 aliphatic rings. The quantitative estimate of drug-likeness (QED) is 0.440. The van der Waals surface area contributed by atoms with Gasteiger partial charge in [-0.3, -0.25) is 9.48 Å². The van der Waals surface area contributed by atoms with Crippen molar-refractivity contribution in [3.05, 3.63) is 71.5 Å². The smallest absolute Gasteiger partial charge is 0.312 e. The summed E-state index contributed by atoms with van der Waals surface area (Å²) in [5, 5.41) is 13.5. The molecule has 1 N–H and O–H groups in total. The van der Waals surface area contributed by atoms with Crippen molar-refractivity contribution in [3.8, 4) is 11.6 Å². The molecule has 0 unspecified atom stereocenters. The first-order valence-corrected chi connectivity index (χ1v) is 11.4. The number of aromatic nitrogens is 6. The molecule has 4 aromatic heterocycles. The second-order valence-corrected chi connectivity index (χ2v) is 8.85. The maximum atomic E-state index is 13.7. The summed E-state index contributed by atoms with van der Waals surface area (Å²) in [4.78, 5) is 23.3. The third-order valence-electron chi connectivity index (χ3n) is 6.62. The normalized spacial score (nSPS) is 17.9. The van der Waals surface area contributed by atoms with Crippen LogP contribution in [0.5, 0.6) is 0 Å². The number of aryl methyl sites for hydroxylation is 1. The van der Waals surface area contributed by atoms with Crippen LogP contribution in [0.15, 0.2) is 51.7 Å². The summed E-state index contributed by atoms with van der Waals surface area (Å²) in [7, 11) is 1.80. The van der Waals surface area contributed by atoms with Crippen LogP contribution in [0.1, 0.15) is 58.2 Å².